The van der Waals surface area contributed by atoms with Crippen LogP contribution in [0.2, 0.25) is 0 Å². The first kappa shape index (κ1) is 13.5. The van der Waals surface area contributed by atoms with Gasteiger partial charge in [0.05, 0.1) is 16.1 Å². The molecule has 2 nitrogen and oxygen atoms in total. The minimum atomic E-state index is -0.496. The van der Waals surface area contributed by atoms with Gasteiger partial charge in [-0.05, 0) is 33.8 Å². The Morgan fingerprint density at radius 2 is 1.84 bits per heavy atom. The van der Waals surface area contributed by atoms with E-state index in [-0.39, 0.29) is 5.82 Å². The Kier molecular flexibility index (Phi) is 3.56. The van der Waals surface area contributed by atoms with Crippen molar-refractivity contribution in [1.82, 2.24) is 9.97 Å². The maximum atomic E-state index is 14.0. The fourth-order valence-corrected chi connectivity index (χ4v) is 2.23. The molecular weight excluding hydrogens is 239 g/mol. The van der Waals surface area contributed by atoms with Gasteiger partial charge in [0.1, 0.15) is 11.6 Å². The molecule has 0 fully saturated rings. The van der Waals surface area contributed by atoms with Gasteiger partial charge in [0, 0.05) is 5.56 Å². The Bertz CT molecular complexity index is 664. The molecule has 1 aromatic heterocycles. The highest BCUT2D eigenvalue weighted by molar-refractivity contribution is 5.33. The summed E-state index contributed by atoms with van der Waals surface area (Å²) >= 11 is 0. The van der Waals surface area contributed by atoms with Crippen LogP contribution in [-0.4, -0.2) is 9.97 Å². The van der Waals surface area contributed by atoms with Crippen LogP contribution in [0.4, 0.5) is 4.39 Å². The summed E-state index contributed by atoms with van der Waals surface area (Å²) in [5.41, 5.74) is 0.152. The maximum absolute atomic E-state index is 14.0. The number of aromatic nitrogens is 2. The molecule has 0 atom stereocenters. The second-order valence-corrected chi connectivity index (χ2v) is 5.07. The smallest absolute Gasteiger partial charge is 0.127 e. The lowest BCUT2D eigenvalue weighted by Crippen LogP contribution is -2.23. The molecule has 2 rings (SSSR count). The first-order valence-electron chi connectivity index (χ1n) is 6.45. The summed E-state index contributed by atoms with van der Waals surface area (Å²) in [6.07, 6.45) is 3.93. The molecule has 19 heavy (non-hydrogen) atoms. The molecule has 0 aliphatic heterocycles. The Hall–Kier alpha value is -1.90. The maximum Gasteiger partial charge on any atom is 0.127 e. The van der Waals surface area contributed by atoms with Crippen molar-refractivity contribution >= 4 is 12.2 Å². The third kappa shape index (κ3) is 2.33. The minimum Gasteiger partial charge on any atom is -0.342 e. The zero-order valence-electron chi connectivity index (χ0n) is 11.8. The summed E-state index contributed by atoms with van der Waals surface area (Å²) in [4.78, 5) is 7.86. The topological polar surface area (TPSA) is 28.7 Å². The average Bonchev–Trinajstić information content (AvgIpc) is 2.83. The summed E-state index contributed by atoms with van der Waals surface area (Å²) in [5.74, 6) is 0.576. The number of H-pyrrole nitrogens is 1. The van der Waals surface area contributed by atoms with E-state index in [4.69, 9.17) is 0 Å². The predicted octanol–water partition coefficient (Wildman–Crippen LogP) is 2.48. The normalized spacial score (nSPS) is 14.2. The van der Waals surface area contributed by atoms with E-state index in [1.54, 1.807) is 6.07 Å². The van der Waals surface area contributed by atoms with E-state index < -0.39 is 5.41 Å². The first-order chi connectivity index (χ1) is 9.00. The number of hydrogen-bond acceptors (Lipinski definition) is 1. The highest BCUT2D eigenvalue weighted by atomic mass is 19.1. The molecule has 0 radical (unpaired) electrons. The molecule has 0 amide bonds. The SMILES string of the molecule is C/C=c1/nc(C(C)(C)c2ccccc2F)[nH]/c1=C/C. The van der Waals surface area contributed by atoms with Gasteiger partial charge in [-0.2, -0.15) is 0 Å². The van der Waals surface area contributed by atoms with Crippen molar-refractivity contribution in [3.63, 3.8) is 0 Å². The van der Waals surface area contributed by atoms with E-state index in [9.17, 15) is 4.39 Å². The second kappa shape index (κ2) is 5.00. The van der Waals surface area contributed by atoms with Gasteiger partial charge in [-0.15, -0.1) is 0 Å². The molecule has 1 heterocycles. The van der Waals surface area contributed by atoms with Crippen molar-refractivity contribution in [2.75, 3.05) is 0 Å². The standard InChI is InChI=1S/C16H19FN2/c1-5-13-14(6-2)19-15(18-13)16(3,4)11-9-7-8-10-12(11)17/h5-10H,1-4H3,(H,18,19)/b13-5+,14-6+. The van der Waals surface area contributed by atoms with E-state index in [1.807, 2.05) is 52.0 Å². The molecule has 0 bridgehead atoms. The molecule has 0 aliphatic rings. The van der Waals surface area contributed by atoms with Gasteiger partial charge in [0.2, 0.25) is 0 Å². The predicted molar refractivity (Wildman–Crippen MR) is 76.6 cm³/mol. The van der Waals surface area contributed by atoms with Crippen molar-refractivity contribution in [2.24, 2.45) is 0 Å². The number of halogens is 1. The van der Waals surface area contributed by atoms with Crippen LogP contribution in [0.3, 0.4) is 0 Å². The van der Waals surface area contributed by atoms with Crippen molar-refractivity contribution in [3.8, 4) is 0 Å². The number of aromatic amines is 1. The zero-order valence-corrected chi connectivity index (χ0v) is 11.8. The van der Waals surface area contributed by atoms with Crippen LogP contribution in [0.25, 0.3) is 12.2 Å². The van der Waals surface area contributed by atoms with Crippen LogP contribution in [-0.2, 0) is 5.41 Å². The lowest BCUT2D eigenvalue weighted by Gasteiger charge is -2.23. The van der Waals surface area contributed by atoms with Crippen LogP contribution in [0.5, 0.6) is 0 Å². The number of nitrogens with zero attached hydrogens (tertiary/aromatic N) is 1. The molecule has 2 aromatic rings. The minimum absolute atomic E-state index is 0.201. The fraction of sp³-hybridized carbons (Fsp3) is 0.312. The van der Waals surface area contributed by atoms with Crippen LogP contribution < -0.4 is 10.7 Å². The summed E-state index contributed by atoms with van der Waals surface area (Å²) in [6, 6.07) is 6.85. The van der Waals surface area contributed by atoms with Crippen LogP contribution in [0.15, 0.2) is 24.3 Å². The van der Waals surface area contributed by atoms with E-state index in [2.05, 4.69) is 9.97 Å². The summed E-state index contributed by atoms with van der Waals surface area (Å²) in [6.45, 7) is 7.86. The third-order valence-corrected chi connectivity index (χ3v) is 3.46. The monoisotopic (exact) mass is 258 g/mol. The van der Waals surface area contributed by atoms with E-state index >= 15 is 0 Å². The summed E-state index contributed by atoms with van der Waals surface area (Å²) in [5, 5.41) is 1.88. The van der Waals surface area contributed by atoms with Gasteiger partial charge in [-0.3, -0.25) is 0 Å². The first-order valence-corrected chi connectivity index (χ1v) is 6.45. The summed E-state index contributed by atoms with van der Waals surface area (Å²) in [7, 11) is 0. The number of rotatable bonds is 2. The molecule has 3 heteroatoms. The molecule has 0 spiro atoms. The second-order valence-electron chi connectivity index (χ2n) is 5.07. The number of benzene rings is 1. The Morgan fingerprint density at radius 1 is 1.16 bits per heavy atom. The lowest BCUT2D eigenvalue weighted by molar-refractivity contribution is 0.529. The average molecular weight is 258 g/mol. The van der Waals surface area contributed by atoms with Gasteiger partial charge >= 0.3 is 0 Å². The highest BCUT2D eigenvalue weighted by Crippen LogP contribution is 2.29. The number of hydrogen-bond donors (Lipinski definition) is 1. The molecule has 100 valence electrons. The quantitative estimate of drug-likeness (QED) is 0.881. The summed E-state index contributed by atoms with van der Waals surface area (Å²) < 4.78 is 14.0. The van der Waals surface area contributed by atoms with Gasteiger partial charge < -0.3 is 4.98 Å². The van der Waals surface area contributed by atoms with E-state index in [0.29, 0.717) is 5.56 Å². The van der Waals surface area contributed by atoms with Crippen molar-refractivity contribution < 1.29 is 4.39 Å². The van der Waals surface area contributed by atoms with Gasteiger partial charge in [-0.1, -0.05) is 30.4 Å². The van der Waals surface area contributed by atoms with Crippen LogP contribution in [0, 0.1) is 5.82 Å². The Labute approximate surface area is 112 Å². The highest BCUT2D eigenvalue weighted by Gasteiger charge is 2.28. The number of nitrogens with one attached hydrogen (secondary N) is 1. The van der Waals surface area contributed by atoms with Gasteiger partial charge in [0.15, 0.2) is 0 Å². The fourth-order valence-electron chi connectivity index (χ4n) is 2.23. The molecule has 0 aliphatic carbocycles. The Morgan fingerprint density at radius 3 is 2.37 bits per heavy atom. The van der Waals surface area contributed by atoms with Crippen LogP contribution >= 0.6 is 0 Å². The van der Waals surface area contributed by atoms with Gasteiger partial charge in [0.25, 0.3) is 0 Å². The van der Waals surface area contributed by atoms with Crippen molar-refractivity contribution in [2.45, 2.75) is 33.1 Å². The third-order valence-electron chi connectivity index (χ3n) is 3.46. The zero-order chi connectivity index (χ0) is 14.0. The van der Waals surface area contributed by atoms with E-state index in [1.165, 1.54) is 6.07 Å². The molecular formula is C16H19FN2. The molecule has 1 N–H and O–H groups in total. The lowest BCUT2D eigenvalue weighted by atomic mass is 9.83. The van der Waals surface area contributed by atoms with Gasteiger partial charge in [-0.25, -0.2) is 9.37 Å². The Balaban J connectivity index is 2.64. The largest absolute Gasteiger partial charge is 0.342 e. The molecule has 0 saturated heterocycles. The van der Waals surface area contributed by atoms with Crippen molar-refractivity contribution in [3.05, 3.63) is 52.2 Å². The molecule has 1 aromatic carbocycles. The van der Waals surface area contributed by atoms with Crippen molar-refractivity contribution in [1.29, 1.82) is 0 Å². The van der Waals surface area contributed by atoms with E-state index in [0.717, 1.165) is 16.5 Å². The number of imidazole rings is 1. The molecule has 0 saturated carbocycles. The van der Waals surface area contributed by atoms with Crippen LogP contribution in [0.1, 0.15) is 39.1 Å². The molecule has 0 unspecified atom stereocenters.